The molecule has 2 heterocycles. The number of benzene rings is 1. The van der Waals surface area contributed by atoms with Gasteiger partial charge in [0.1, 0.15) is 0 Å². The molecule has 3 rings (SSSR count). The molecule has 21 heavy (non-hydrogen) atoms. The summed E-state index contributed by atoms with van der Waals surface area (Å²) in [6, 6.07) is 5.86. The molecule has 2 fully saturated rings. The lowest BCUT2D eigenvalue weighted by Crippen LogP contribution is -2.64. The van der Waals surface area contributed by atoms with E-state index in [2.05, 4.69) is 10.6 Å². The van der Waals surface area contributed by atoms with Crippen LogP contribution in [0.15, 0.2) is 18.2 Å². The largest absolute Gasteiger partial charge is 0.380 e. The summed E-state index contributed by atoms with van der Waals surface area (Å²) in [6.07, 6.45) is 1.07. The van der Waals surface area contributed by atoms with Crippen molar-refractivity contribution in [2.75, 3.05) is 26.3 Å². The number of hydrogen-bond acceptors (Lipinski definition) is 5. The van der Waals surface area contributed by atoms with E-state index in [1.807, 2.05) is 12.1 Å². The topological polar surface area (TPSA) is 76.4 Å². The summed E-state index contributed by atoms with van der Waals surface area (Å²) in [5.74, 6) is 0. The summed E-state index contributed by atoms with van der Waals surface area (Å²) in [4.78, 5) is 10.7. The van der Waals surface area contributed by atoms with Gasteiger partial charge in [-0.05, 0) is 25.5 Å². The first kappa shape index (κ1) is 14.4. The van der Waals surface area contributed by atoms with Crippen molar-refractivity contribution in [1.29, 1.82) is 0 Å². The minimum Gasteiger partial charge on any atom is -0.380 e. The van der Waals surface area contributed by atoms with E-state index < -0.39 is 0 Å². The van der Waals surface area contributed by atoms with E-state index in [0.29, 0.717) is 18.2 Å². The van der Waals surface area contributed by atoms with Crippen molar-refractivity contribution in [2.45, 2.75) is 25.9 Å². The zero-order valence-electron chi connectivity index (χ0n) is 12.2. The van der Waals surface area contributed by atoms with Gasteiger partial charge < -0.3 is 15.4 Å². The van der Waals surface area contributed by atoms with Gasteiger partial charge in [0.2, 0.25) is 0 Å². The molecule has 1 aromatic rings. The molecule has 1 spiro atoms. The average Bonchev–Trinajstić information content (AvgIpc) is 2.44. The number of nitro benzene ring substituents is 1. The molecule has 114 valence electrons. The molecule has 2 N–H and O–H groups in total. The third-order valence-corrected chi connectivity index (χ3v) is 4.63. The van der Waals surface area contributed by atoms with Crippen LogP contribution in [-0.4, -0.2) is 37.3 Å². The van der Waals surface area contributed by atoms with E-state index in [1.165, 1.54) is 0 Å². The summed E-state index contributed by atoms with van der Waals surface area (Å²) in [5.41, 5.74) is 2.06. The van der Waals surface area contributed by atoms with E-state index in [9.17, 15) is 10.1 Å². The fourth-order valence-electron chi connectivity index (χ4n) is 3.20. The van der Waals surface area contributed by atoms with Crippen molar-refractivity contribution >= 4 is 5.69 Å². The number of aryl methyl sites for hydroxylation is 1. The third kappa shape index (κ3) is 2.79. The second kappa shape index (κ2) is 5.71. The van der Waals surface area contributed by atoms with Gasteiger partial charge in [-0.1, -0.05) is 12.1 Å². The summed E-state index contributed by atoms with van der Waals surface area (Å²) in [7, 11) is 0. The van der Waals surface area contributed by atoms with Gasteiger partial charge in [-0.25, -0.2) is 0 Å². The lowest BCUT2D eigenvalue weighted by molar-refractivity contribution is -0.385. The second-order valence-corrected chi connectivity index (χ2v) is 6.13. The lowest BCUT2D eigenvalue weighted by Gasteiger charge is -2.50. The van der Waals surface area contributed by atoms with E-state index in [4.69, 9.17) is 4.74 Å². The van der Waals surface area contributed by atoms with Gasteiger partial charge in [0.05, 0.1) is 18.1 Å². The molecule has 2 saturated heterocycles. The second-order valence-electron chi connectivity index (χ2n) is 6.13. The summed E-state index contributed by atoms with van der Waals surface area (Å²) in [6.45, 7) is 6.01. The Morgan fingerprint density at radius 3 is 3.00 bits per heavy atom. The van der Waals surface area contributed by atoms with Crippen molar-refractivity contribution in [2.24, 2.45) is 5.41 Å². The van der Waals surface area contributed by atoms with Crippen molar-refractivity contribution < 1.29 is 9.66 Å². The summed E-state index contributed by atoms with van der Waals surface area (Å²) >= 11 is 0. The van der Waals surface area contributed by atoms with Crippen molar-refractivity contribution in [1.82, 2.24) is 10.6 Å². The van der Waals surface area contributed by atoms with Crippen LogP contribution in [0.5, 0.6) is 0 Å². The van der Waals surface area contributed by atoms with Crippen LogP contribution in [-0.2, 0) is 11.3 Å². The van der Waals surface area contributed by atoms with Gasteiger partial charge >= 0.3 is 0 Å². The lowest BCUT2D eigenvalue weighted by atomic mass is 9.74. The summed E-state index contributed by atoms with van der Waals surface area (Å²) < 4.78 is 5.39. The SMILES string of the molecule is Cc1ccc(CNC2CCNCC23COC3)cc1[N+](=O)[O-]. The average molecular weight is 291 g/mol. The fraction of sp³-hybridized carbons (Fsp3) is 0.600. The molecule has 1 unspecified atom stereocenters. The predicted octanol–water partition coefficient (Wildman–Crippen LogP) is 1.37. The summed E-state index contributed by atoms with van der Waals surface area (Å²) in [5, 5.41) is 18.0. The molecule has 2 aliphatic heterocycles. The minimum absolute atomic E-state index is 0.196. The van der Waals surface area contributed by atoms with Crippen molar-refractivity contribution in [3.8, 4) is 0 Å². The molecule has 0 aromatic heterocycles. The normalized spacial score (nSPS) is 23.8. The molecular weight excluding hydrogens is 270 g/mol. The maximum Gasteiger partial charge on any atom is 0.272 e. The number of nitrogens with one attached hydrogen (secondary N) is 2. The van der Waals surface area contributed by atoms with Crippen LogP contribution in [0.25, 0.3) is 0 Å². The van der Waals surface area contributed by atoms with Crippen LogP contribution in [0.3, 0.4) is 0 Å². The van der Waals surface area contributed by atoms with Gasteiger partial charge in [-0.3, -0.25) is 10.1 Å². The Labute approximate surface area is 124 Å². The molecular formula is C15H21N3O3. The first-order valence-electron chi connectivity index (χ1n) is 7.36. The standard InChI is InChI=1S/C15H21N3O3/c1-11-2-3-12(6-13(11)18(19)20)7-17-14-4-5-16-8-15(14)9-21-10-15/h2-3,6,14,16-17H,4-5,7-10H2,1H3. The number of nitro groups is 1. The molecule has 6 nitrogen and oxygen atoms in total. The monoisotopic (exact) mass is 291 g/mol. The van der Waals surface area contributed by atoms with Crippen LogP contribution >= 0.6 is 0 Å². The highest BCUT2D eigenvalue weighted by molar-refractivity contribution is 5.42. The first-order valence-corrected chi connectivity index (χ1v) is 7.36. The van der Waals surface area contributed by atoms with Crippen molar-refractivity contribution in [3.05, 3.63) is 39.4 Å². The highest BCUT2D eigenvalue weighted by Crippen LogP contribution is 2.34. The Hall–Kier alpha value is -1.50. The van der Waals surface area contributed by atoms with Crippen LogP contribution < -0.4 is 10.6 Å². The maximum atomic E-state index is 11.0. The zero-order chi connectivity index (χ0) is 14.9. The van der Waals surface area contributed by atoms with Crippen LogP contribution in [0.2, 0.25) is 0 Å². The molecule has 1 aromatic carbocycles. The molecule has 6 heteroatoms. The van der Waals surface area contributed by atoms with Gasteiger partial charge in [-0.15, -0.1) is 0 Å². The number of nitrogens with zero attached hydrogens (tertiary/aromatic N) is 1. The number of piperidine rings is 1. The number of ether oxygens (including phenoxy) is 1. The fourth-order valence-corrected chi connectivity index (χ4v) is 3.20. The Morgan fingerprint density at radius 1 is 1.52 bits per heavy atom. The van der Waals surface area contributed by atoms with Gasteiger partial charge in [-0.2, -0.15) is 0 Å². The Balaban J connectivity index is 1.67. The molecule has 1 atom stereocenters. The number of rotatable bonds is 4. The van der Waals surface area contributed by atoms with Crippen LogP contribution in [0.4, 0.5) is 5.69 Å². The van der Waals surface area contributed by atoms with Gasteiger partial charge in [0, 0.05) is 36.2 Å². The Morgan fingerprint density at radius 2 is 2.33 bits per heavy atom. The smallest absolute Gasteiger partial charge is 0.272 e. The van der Waals surface area contributed by atoms with Gasteiger partial charge in [0.25, 0.3) is 5.69 Å². The number of hydrogen-bond donors (Lipinski definition) is 2. The van der Waals surface area contributed by atoms with Crippen LogP contribution in [0, 0.1) is 22.5 Å². The molecule has 2 aliphatic rings. The Kier molecular flexibility index (Phi) is 3.93. The molecule has 0 radical (unpaired) electrons. The van der Waals surface area contributed by atoms with E-state index >= 15 is 0 Å². The van der Waals surface area contributed by atoms with Crippen LogP contribution in [0.1, 0.15) is 17.5 Å². The molecule has 0 amide bonds. The zero-order valence-corrected chi connectivity index (χ0v) is 12.2. The van der Waals surface area contributed by atoms with E-state index in [0.717, 1.165) is 38.3 Å². The third-order valence-electron chi connectivity index (χ3n) is 4.63. The highest BCUT2D eigenvalue weighted by Gasteiger charge is 2.46. The predicted molar refractivity (Wildman–Crippen MR) is 79.2 cm³/mol. The van der Waals surface area contributed by atoms with E-state index in [1.54, 1.807) is 13.0 Å². The quantitative estimate of drug-likeness (QED) is 0.647. The molecule has 0 aliphatic carbocycles. The Bertz CT molecular complexity index is 543. The van der Waals surface area contributed by atoms with Gasteiger partial charge in [0.15, 0.2) is 0 Å². The maximum absolute atomic E-state index is 11.0. The highest BCUT2D eigenvalue weighted by atomic mass is 16.6. The molecule has 0 saturated carbocycles. The first-order chi connectivity index (χ1) is 10.1. The molecule has 0 bridgehead atoms. The minimum atomic E-state index is -0.315. The van der Waals surface area contributed by atoms with E-state index in [-0.39, 0.29) is 16.0 Å². The van der Waals surface area contributed by atoms with Crippen molar-refractivity contribution in [3.63, 3.8) is 0 Å².